The van der Waals surface area contributed by atoms with E-state index in [1.807, 2.05) is 18.2 Å². The molecule has 0 spiro atoms. The average Bonchev–Trinajstić information content (AvgIpc) is 2.91. The van der Waals surface area contributed by atoms with Crippen LogP contribution in [0.4, 0.5) is 21.7 Å². The van der Waals surface area contributed by atoms with Crippen molar-refractivity contribution >= 4 is 34.1 Å². The molecule has 6 nitrogen and oxygen atoms in total. The van der Waals surface area contributed by atoms with Crippen LogP contribution >= 0.6 is 0 Å². The second-order valence-corrected chi connectivity index (χ2v) is 4.54. The number of nitrogens with two attached hydrogens (primary N) is 2. The smallest absolute Gasteiger partial charge is 0.169 e. The van der Waals surface area contributed by atoms with Crippen LogP contribution in [-0.2, 0) is 0 Å². The number of nitrogens with zero attached hydrogens (tertiary/aromatic N) is 1. The van der Waals surface area contributed by atoms with Crippen LogP contribution in [0.5, 0.6) is 0 Å². The maximum absolute atomic E-state index is 14.1. The number of fused-ring (bicyclic) bond motifs is 1. The summed E-state index contributed by atoms with van der Waals surface area (Å²) in [6.07, 6.45) is 1.80. The van der Waals surface area contributed by atoms with E-state index in [1.165, 1.54) is 0 Å². The Hall–Kier alpha value is -3.09. The summed E-state index contributed by atoms with van der Waals surface area (Å²) in [5, 5.41) is 11.2. The summed E-state index contributed by atoms with van der Waals surface area (Å²) < 4.78 is 14.1. The number of hydrogen-bond acceptors (Lipinski definition) is 4. The number of pyridine rings is 1. The van der Waals surface area contributed by atoms with E-state index >= 15 is 0 Å². The molecular formula is C14H13FN6. The van der Waals surface area contributed by atoms with Gasteiger partial charge in [0.15, 0.2) is 11.6 Å². The van der Waals surface area contributed by atoms with Crippen LogP contribution in [0.25, 0.3) is 10.9 Å². The maximum atomic E-state index is 14.1. The lowest BCUT2D eigenvalue weighted by molar-refractivity contribution is 0.626. The van der Waals surface area contributed by atoms with Crippen molar-refractivity contribution in [1.29, 1.82) is 5.41 Å². The van der Waals surface area contributed by atoms with Gasteiger partial charge in [0, 0.05) is 11.6 Å². The van der Waals surface area contributed by atoms with Crippen molar-refractivity contribution in [3.63, 3.8) is 0 Å². The normalized spacial score (nSPS) is 10.7. The standard InChI is InChI=1S/C14H13FN6/c15-9-6-8(12(16)17)13(18)21-14(9)20-10-3-1-2-7-4-5-19-11(7)10/h1-6,19H,(H3,16,17)(H3,18,20,21). The van der Waals surface area contributed by atoms with Crippen molar-refractivity contribution in [1.82, 2.24) is 9.97 Å². The molecule has 3 rings (SSSR count). The number of hydrogen-bond donors (Lipinski definition) is 5. The number of H-pyrrole nitrogens is 1. The molecule has 2 heterocycles. The van der Waals surface area contributed by atoms with Gasteiger partial charge >= 0.3 is 0 Å². The second kappa shape index (κ2) is 4.78. The van der Waals surface area contributed by atoms with E-state index in [0.717, 1.165) is 17.0 Å². The van der Waals surface area contributed by atoms with Crippen molar-refractivity contribution in [3.8, 4) is 0 Å². The predicted octanol–water partition coefficient (Wildman–Crippen LogP) is 2.31. The number of nitrogens with one attached hydrogen (secondary N) is 3. The molecule has 0 saturated heterocycles. The van der Waals surface area contributed by atoms with Crippen molar-refractivity contribution in [2.75, 3.05) is 11.1 Å². The summed E-state index contributed by atoms with van der Waals surface area (Å²) >= 11 is 0. The first-order valence-electron chi connectivity index (χ1n) is 6.20. The number of para-hydroxylation sites is 1. The molecule has 0 fully saturated rings. The molecule has 0 saturated carbocycles. The molecule has 7 N–H and O–H groups in total. The van der Waals surface area contributed by atoms with Gasteiger partial charge in [-0.1, -0.05) is 12.1 Å². The predicted molar refractivity (Wildman–Crippen MR) is 81.2 cm³/mol. The van der Waals surface area contributed by atoms with Crippen LogP contribution in [0, 0.1) is 11.2 Å². The van der Waals surface area contributed by atoms with Crippen LogP contribution in [-0.4, -0.2) is 15.8 Å². The fraction of sp³-hybridized carbons (Fsp3) is 0. The monoisotopic (exact) mass is 284 g/mol. The Morgan fingerprint density at radius 3 is 2.90 bits per heavy atom. The van der Waals surface area contributed by atoms with Crippen molar-refractivity contribution < 1.29 is 4.39 Å². The lowest BCUT2D eigenvalue weighted by atomic mass is 10.2. The minimum atomic E-state index is -0.627. The Labute approximate surface area is 119 Å². The van der Waals surface area contributed by atoms with Gasteiger partial charge in [-0.25, -0.2) is 9.37 Å². The van der Waals surface area contributed by atoms with E-state index in [9.17, 15) is 4.39 Å². The minimum Gasteiger partial charge on any atom is -0.384 e. The molecule has 0 amide bonds. The van der Waals surface area contributed by atoms with Crippen LogP contribution in [0.1, 0.15) is 5.56 Å². The average molecular weight is 284 g/mol. The largest absolute Gasteiger partial charge is 0.384 e. The van der Waals surface area contributed by atoms with E-state index in [2.05, 4.69) is 15.3 Å². The summed E-state index contributed by atoms with van der Waals surface area (Å²) in [4.78, 5) is 7.01. The third-order valence-corrected chi connectivity index (χ3v) is 3.14. The molecule has 106 valence electrons. The fourth-order valence-corrected chi connectivity index (χ4v) is 2.12. The van der Waals surface area contributed by atoms with Gasteiger partial charge in [0.2, 0.25) is 0 Å². The first-order valence-corrected chi connectivity index (χ1v) is 6.20. The zero-order valence-electron chi connectivity index (χ0n) is 10.9. The summed E-state index contributed by atoms with van der Waals surface area (Å²) in [5.41, 5.74) is 12.6. The number of aromatic nitrogens is 2. The van der Waals surface area contributed by atoms with Gasteiger partial charge in [0.05, 0.1) is 16.8 Å². The number of nitrogen functional groups attached to an aromatic ring is 2. The molecule has 1 aromatic carbocycles. The molecule has 7 heteroatoms. The number of amidine groups is 1. The molecule has 2 aromatic heterocycles. The first-order chi connectivity index (χ1) is 10.1. The van der Waals surface area contributed by atoms with E-state index in [0.29, 0.717) is 5.69 Å². The molecule has 0 aliphatic heterocycles. The molecule has 3 aromatic rings. The SMILES string of the molecule is N=C(N)c1cc(F)c(Nc2cccc3cc[nH]c23)nc1N. The highest BCUT2D eigenvalue weighted by Gasteiger charge is 2.13. The molecule has 21 heavy (non-hydrogen) atoms. The van der Waals surface area contributed by atoms with Crippen LogP contribution in [0.2, 0.25) is 0 Å². The highest BCUT2D eigenvalue weighted by molar-refractivity contribution is 5.99. The fourth-order valence-electron chi connectivity index (χ4n) is 2.12. The van der Waals surface area contributed by atoms with Crippen molar-refractivity contribution in [3.05, 3.63) is 47.9 Å². The Morgan fingerprint density at radius 1 is 1.33 bits per heavy atom. The molecule has 0 aliphatic carbocycles. The third kappa shape index (κ3) is 2.25. The highest BCUT2D eigenvalue weighted by Crippen LogP contribution is 2.26. The molecule has 0 atom stereocenters. The summed E-state index contributed by atoms with van der Waals surface area (Å²) in [5.74, 6) is -0.959. The Balaban J connectivity index is 2.04. The van der Waals surface area contributed by atoms with Gasteiger partial charge in [0.25, 0.3) is 0 Å². The Kier molecular flexibility index (Phi) is 2.94. The molecule has 0 unspecified atom stereocenters. The van der Waals surface area contributed by atoms with Gasteiger partial charge in [-0.2, -0.15) is 0 Å². The molecule has 0 aliphatic rings. The number of halogens is 1. The van der Waals surface area contributed by atoms with Gasteiger partial charge in [-0.05, 0) is 18.2 Å². The molecular weight excluding hydrogens is 271 g/mol. The summed E-state index contributed by atoms with van der Waals surface area (Å²) in [6.45, 7) is 0. The van der Waals surface area contributed by atoms with E-state index < -0.39 is 5.82 Å². The van der Waals surface area contributed by atoms with Crippen molar-refractivity contribution in [2.45, 2.75) is 0 Å². The zero-order valence-corrected chi connectivity index (χ0v) is 10.9. The number of benzene rings is 1. The highest BCUT2D eigenvalue weighted by atomic mass is 19.1. The lowest BCUT2D eigenvalue weighted by Crippen LogP contribution is -2.16. The number of anilines is 3. The van der Waals surface area contributed by atoms with Crippen molar-refractivity contribution in [2.24, 2.45) is 5.73 Å². The third-order valence-electron chi connectivity index (χ3n) is 3.14. The van der Waals surface area contributed by atoms with E-state index in [1.54, 1.807) is 12.3 Å². The second-order valence-electron chi connectivity index (χ2n) is 4.54. The Morgan fingerprint density at radius 2 is 2.14 bits per heavy atom. The molecule has 0 bridgehead atoms. The quantitative estimate of drug-likeness (QED) is 0.375. The van der Waals surface area contributed by atoms with Gasteiger partial charge in [-0.3, -0.25) is 5.41 Å². The van der Waals surface area contributed by atoms with Gasteiger partial charge in [0.1, 0.15) is 11.7 Å². The van der Waals surface area contributed by atoms with Gasteiger partial charge < -0.3 is 21.8 Å². The van der Waals surface area contributed by atoms with Gasteiger partial charge in [-0.15, -0.1) is 0 Å². The van der Waals surface area contributed by atoms with Crippen LogP contribution in [0.3, 0.4) is 0 Å². The summed E-state index contributed by atoms with van der Waals surface area (Å²) in [6, 6.07) is 8.60. The van der Waals surface area contributed by atoms with E-state index in [4.69, 9.17) is 16.9 Å². The number of aromatic amines is 1. The van der Waals surface area contributed by atoms with Crippen LogP contribution < -0.4 is 16.8 Å². The molecule has 0 radical (unpaired) electrons. The zero-order chi connectivity index (χ0) is 15.0. The summed E-state index contributed by atoms with van der Waals surface area (Å²) in [7, 11) is 0. The maximum Gasteiger partial charge on any atom is 0.169 e. The first kappa shape index (κ1) is 12.9. The lowest BCUT2D eigenvalue weighted by Gasteiger charge is -2.11. The minimum absolute atomic E-state index is 0.00469. The van der Waals surface area contributed by atoms with Crippen LogP contribution in [0.15, 0.2) is 36.5 Å². The Bertz CT molecular complexity index is 839. The van der Waals surface area contributed by atoms with E-state index in [-0.39, 0.29) is 23.0 Å². The topological polar surface area (TPSA) is 117 Å². The number of rotatable bonds is 3.